The molecule has 3 atom stereocenters. The number of fused-ring (bicyclic) bond motifs is 2. The minimum absolute atomic E-state index is 0.215. The van der Waals surface area contributed by atoms with E-state index in [1.54, 1.807) is 30.3 Å². The number of ether oxygens (including phenoxy) is 2. The van der Waals surface area contributed by atoms with Gasteiger partial charge >= 0.3 is 11.9 Å². The van der Waals surface area contributed by atoms with E-state index in [0.29, 0.717) is 11.1 Å². The highest BCUT2D eigenvalue weighted by Crippen LogP contribution is 2.50. The van der Waals surface area contributed by atoms with Gasteiger partial charge in [-0.25, -0.2) is 4.79 Å². The second-order valence-electron chi connectivity index (χ2n) is 6.51. The molecule has 0 aliphatic carbocycles. The first-order chi connectivity index (χ1) is 13.3. The molecule has 146 valence electrons. The maximum Gasteiger partial charge on any atom is 0.352 e. The molecule has 2 N–H and O–H groups in total. The third-order valence-corrected chi connectivity index (χ3v) is 6.09. The van der Waals surface area contributed by atoms with Crippen LogP contribution in [0.2, 0.25) is 0 Å². The fraction of sp³-hybridized carbons (Fsp3) is 0.333. The van der Waals surface area contributed by atoms with Gasteiger partial charge in [0.15, 0.2) is 6.10 Å². The third kappa shape index (κ3) is 2.68. The molecule has 2 amide bonds. The summed E-state index contributed by atoms with van der Waals surface area (Å²) in [5.74, 6) is -2.74. The van der Waals surface area contributed by atoms with E-state index < -0.39 is 41.0 Å². The molecule has 2 unspecified atom stereocenters. The van der Waals surface area contributed by atoms with E-state index in [-0.39, 0.29) is 18.1 Å². The molecule has 0 saturated carbocycles. The second-order valence-corrected chi connectivity index (χ2v) is 7.58. The quantitative estimate of drug-likeness (QED) is 0.546. The minimum atomic E-state index is -1.60. The minimum Gasteiger partial charge on any atom is -0.477 e. The molecule has 0 bridgehead atoms. The van der Waals surface area contributed by atoms with Crippen molar-refractivity contribution in [3.8, 4) is 0 Å². The molecule has 0 radical (unpaired) electrons. The van der Waals surface area contributed by atoms with Gasteiger partial charge in [0.2, 0.25) is 0 Å². The summed E-state index contributed by atoms with van der Waals surface area (Å²) in [6, 6.07) is 8.76. The molecule has 1 aromatic rings. The Hall–Kier alpha value is -2.85. The number of aliphatic carboxylic acids is 1. The summed E-state index contributed by atoms with van der Waals surface area (Å²) >= 11 is 1.25. The number of thioether (sulfide) groups is 1. The first-order valence-electron chi connectivity index (χ1n) is 8.44. The van der Waals surface area contributed by atoms with Crippen LogP contribution in [-0.2, 0) is 28.7 Å². The highest BCUT2D eigenvalue weighted by molar-refractivity contribution is 8.00. The number of carbonyl (C=O) groups excluding carboxylic acids is 3. The molecular formula is C18H16N2O7S. The first kappa shape index (κ1) is 18.5. The van der Waals surface area contributed by atoms with Gasteiger partial charge in [0.1, 0.15) is 17.7 Å². The van der Waals surface area contributed by atoms with Crippen molar-refractivity contribution in [2.75, 3.05) is 12.4 Å². The van der Waals surface area contributed by atoms with E-state index in [1.807, 2.05) is 0 Å². The molecule has 1 spiro atoms. The molecule has 0 aromatic heterocycles. The van der Waals surface area contributed by atoms with Crippen molar-refractivity contribution in [2.24, 2.45) is 0 Å². The van der Waals surface area contributed by atoms with Crippen molar-refractivity contribution < 1.29 is 33.8 Å². The Kier molecular flexibility index (Phi) is 4.39. The van der Waals surface area contributed by atoms with E-state index in [9.17, 15) is 24.3 Å². The predicted molar refractivity (Wildman–Crippen MR) is 95.5 cm³/mol. The molecule has 4 rings (SSSR count). The topological polar surface area (TPSA) is 122 Å². The maximum atomic E-state index is 12.9. The Morgan fingerprint density at radius 3 is 2.71 bits per heavy atom. The van der Waals surface area contributed by atoms with Crippen LogP contribution < -0.4 is 5.32 Å². The van der Waals surface area contributed by atoms with Gasteiger partial charge in [-0.15, -0.1) is 11.8 Å². The van der Waals surface area contributed by atoms with Crippen LogP contribution in [0.4, 0.5) is 0 Å². The molecule has 3 aliphatic heterocycles. The number of nitrogens with zero attached hydrogens (tertiary/aromatic N) is 1. The normalized spacial score (nSPS) is 28.7. The van der Waals surface area contributed by atoms with Gasteiger partial charge in [0, 0.05) is 18.2 Å². The van der Waals surface area contributed by atoms with Gasteiger partial charge in [-0.05, 0) is 5.56 Å². The second kappa shape index (κ2) is 6.64. The molecular weight excluding hydrogens is 388 g/mol. The van der Waals surface area contributed by atoms with Crippen LogP contribution in [0.1, 0.15) is 18.6 Å². The number of rotatable bonds is 4. The number of carboxylic acid groups (broad SMARTS) is 1. The van der Waals surface area contributed by atoms with Crippen molar-refractivity contribution in [2.45, 2.75) is 24.1 Å². The Morgan fingerprint density at radius 1 is 1.36 bits per heavy atom. The lowest BCUT2D eigenvalue weighted by atomic mass is 9.99. The third-order valence-electron chi connectivity index (χ3n) is 4.72. The predicted octanol–water partition coefficient (Wildman–Crippen LogP) is 0.387. The number of nitrogens with one attached hydrogen (secondary N) is 1. The van der Waals surface area contributed by atoms with E-state index in [0.717, 1.165) is 4.90 Å². The Labute approximate surface area is 163 Å². The summed E-state index contributed by atoms with van der Waals surface area (Å²) in [6.07, 6.45) is -0.951. The van der Waals surface area contributed by atoms with Gasteiger partial charge in [-0.2, -0.15) is 0 Å². The van der Waals surface area contributed by atoms with Crippen molar-refractivity contribution in [3.05, 3.63) is 47.2 Å². The van der Waals surface area contributed by atoms with Crippen LogP contribution >= 0.6 is 11.8 Å². The average molecular weight is 404 g/mol. The molecule has 10 heteroatoms. The summed E-state index contributed by atoms with van der Waals surface area (Å²) < 4.78 is 10.8. The SMILES string of the molecule is CC(=O)OCC1=C(C(=O)O)N2C(=O)C3(NC(=O)C(c4ccccc4)O3)[C@H]2SC1. The van der Waals surface area contributed by atoms with Gasteiger partial charge in [0.25, 0.3) is 17.5 Å². The fourth-order valence-electron chi connectivity index (χ4n) is 3.48. The summed E-state index contributed by atoms with van der Waals surface area (Å²) in [4.78, 5) is 49.3. The van der Waals surface area contributed by atoms with Crippen molar-refractivity contribution in [1.29, 1.82) is 0 Å². The van der Waals surface area contributed by atoms with Crippen LogP contribution in [0.3, 0.4) is 0 Å². The van der Waals surface area contributed by atoms with Gasteiger partial charge in [-0.1, -0.05) is 30.3 Å². The zero-order valence-electron chi connectivity index (χ0n) is 14.7. The highest BCUT2D eigenvalue weighted by Gasteiger charge is 2.70. The molecule has 3 heterocycles. The Bertz CT molecular complexity index is 916. The lowest BCUT2D eigenvalue weighted by Crippen LogP contribution is -2.78. The lowest BCUT2D eigenvalue weighted by Gasteiger charge is -2.54. The fourth-order valence-corrected chi connectivity index (χ4v) is 4.86. The summed E-state index contributed by atoms with van der Waals surface area (Å²) in [6.45, 7) is 1.00. The molecule has 2 saturated heterocycles. The number of esters is 1. The van der Waals surface area contributed by atoms with Gasteiger partial charge < -0.3 is 19.9 Å². The number of benzene rings is 1. The van der Waals surface area contributed by atoms with E-state index >= 15 is 0 Å². The number of hydrogen-bond acceptors (Lipinski definition) is 7. The first-order valence-corrected chi connectivity index (χ1v) is 9.49. The van der Waals surface area contributed by atoms with Gasteiger partial charge in [0.05, 0.1) is 0 Å². The van der Waals surface area contributed by atoms with E-state index in [2.05, 4.69) is 5.32 Å². The zero-order chi connectivity index (χ0) is 20.1. The monoisotopic (exact) mass is 404 g/mol. The molecule has 2 fully saturated rings. The van der Waals surface area contributed by atoms with Crippen LogP contribution in [-0.4, -0.2) is 57.2 Å². The standard InChI is InChI=1S/C18H16N2O7S/c1-9(21)26-7-11-8-28-17-18(16(25)20(17)12(11)15(23)24)19-14(22)13(27-18)10-5-3-2-4-6-10/h2-6,13,17H,7-8H2,1H3,(H,19,22)(H,23,24)/t13?,17-,18?/m1/s1. The Morgan fingerprint density at radius 2 is 2.07 bits per heavy atom. The maximum absolute atomic E-state index is 12.9. The van der Waals surface area contributed by atoms with E-state index in [4.69, 9.17) is 9.47 Å². The summed E-state index contributed by atoms with van der Waals surface area (Å²) in [7, 11) is 0. The smallest absolute Gasteiger partial charge is 0.352 e. The molecule has 28 heavy (non-hydrogen) atoms. The number of carboxylic acids is 1. The largest absolute Gasteiger partial charge is 0.477 e. The lowest BCUT2D eigenvalue weighted by molar-refractivity contribution is -0.190. The number of β-lactam (4-membered cyclic amide) rings is 1. The van der Waals surface area contributed by atoms with Crippen molar-refractivity contribution >= 4 is 35.5 Å². The van der Waals surface area contributed by atoms with E-state index in [1.165, 1.54) is 18.7 Å². The van der Waals surface area contributed by atoms with Crippen LogP contribution in [0.15, 0.2) is 41.6 Å². The van der Waals surface area contributed by atoms with Crippen LogP contribution in [0.25, 0.3) is 0 Å². The van der Waals surface area contributed by atoms with Crippen LogP contribution in [0, 0.1) is 0 Å². The molecule has 1 aromatic carbocycles. The van der Waals surface area contributed by atoms with Crippen LogP contribution in [0.5, 0.6) is 0 Å². The zero-order valence-corrected chi connectivity index (χ0v) is 15.5. The van der Waals surface area contributed by atoms with Crippen molar-refractivity contribution in [1.82, 2.24) is 10.2 Å². The average Bonchev–Trinajstić information content (AvgIpc) is 3.05. The molecule has 9 nitrogen and oxygen atoms in total. The highest BCUT2D eigenvalue weighted by atomic mass is 32.2. The number of amides is 2. The summed E-state index contributed by atoms with van der Waals surface area (Å²) in [5.41, 5.74) is -0.915. The van der Waals surface area contributed by atoms with Crippen molar-refractivity contribution in [3.63, 3.8) is 0 Å². The number of hydrogen-bond donors (Lipinski definition) is 2. The Balaban J connectivity index is 1.62. The molecule has 3 aliphatic rings. The van der Waals surface area contributed by atoms with Gasteiger partial charge in [-0.3, -0.25) is 19.3 Å². The number of carbonyl (C=O) groups is 4. The summed E-state index contributed by atoms with van der Waals surface area (Å²) in [5, 5.41) is 11.5.